The summed E-state index contributed by atoms with van der Waals surface area (Å²) in [5.41, 5.74) is 0.727. The van der Waals surface area contributed by atoms with Gasteiger partial charge in [0.1, 0.15) is 5.82 Å². The summed E-state index contributed by atoms with van der Waals surface area (Å²) in [6.45, 7) is 2.15. The third-order valence-electron chi connectivity index (χ3n) is 5.46. The number of carbonyl (C=O) groups excluding carboxylic acids is 1. The van der Waals surface area contributed by atoms with Crippen molar-refractivity contribution in [1.29, 1.82) is 0 Å². The van der Waals surface area contributed by atoms with E-state index in [0.717, 1.165) is 24.5 Å². The number of aromatic nitrogens is 1. The van der Waals surface area contributed by atoms with E-state index in [1.165, 1.54) is 12.8 Å². The highest BCUT2D eigenvalue weighted by Crippen LogP contribution is 2.47. The molecule has 5 nitrogen and oxygen atoms in total. The number of rotatable bonds is 2. The van der Waals surface area contributed by atoms with Crippen LogP contribution in [0.2, 0.25) is 0 Å². The third kappa shape index (κ3) is 2.79. The number of hydrogen-bond acceptors (Lipinski definition) is 4. The van der Waals surface area contributed by atoms with Crippen molar-refractivity contribution < 1.29 is 4.79 Å². The Morgan fingerprint density at radius 1 is 1.17 bits per heavy atom. The predicted octanol–water partition coefficient (Wildman–Crippen LogP) is 1.81. The molecule has 1 aromatic rings. The van der Waals surface area contributed by atoms with Crippen molar-refractivity contribution in [1.82, 2.24) is 15.2 Å². The Kier molecular flexibility index (Phi) is 5.44. The smallest absolute Gasteiger partial charge is 0.255 e. The van der Waals surface area contributed by atoms with Gasteiger partial charge < -0.3 is 15.1 Å². The highest BCUT2D eigenvalue weighted by atomic mass is 35.5. The van der Waals surface area contributed by atoms with Gasteiger partial charge in [0.2, 0.25) is 0 Å². The molecule has 2 bridgehead atoms. The second kappa shape index (κ2) is 6.83. The molecule has 0 aromatic carbocycles. The summed E-state index contributed by atoms with van der Waals surface area (Å²) in [6, 6.07) is 4.72. The number of carbonyl (C=O) groups is 1. The largest absolute Gasteiger partial charge is 0.363 e. The van der Waals surface area contributed by atoms with Gasteiger partial charge in [-0.2, -0.15) is 0 Å². The summed E-state index contributed by atoms with van der Waals surface area (Å²) in [4.78, 5) is 21.4. The molecule has 0 spiro atoms. The maximum atomic E-state index is 12.9. The fourth-order valence-corrected chi connectivity index (χ4v) is 4.50. The van der Waals surface area contributed by atoms with Gasteiger partial charge in [-0.3, -0.25) is 4.79 Å². The fraction of sp³-hybridized carbons (Fsp3) is 0.625. The van der Waals surface area contributed by atoms with Crippen molar-refractivity contribution in [3.8, 4) is 0 Å². The zero-order chi connectivity index (χ0) is 14.6. The molecule has 7 heteroatoms. The zero-order valence-electron chi connectivity index (χ0n) is 13.4. The molecular weight excluding hydrogens is 335 g/mol. The van der Waals surface area contributed by atoms with Crippen LogP contribution < -0.4 is 10.2 Å². The molecule has 3 aliphatic heterocycles. The monoisotopic (exact) mass is 358 g/mol. The molecule has 0 unspecified atom stereocenters. The molecule has 3 aliphatic rings. The van der Waals surface area contributed by atoms with Gasteiger partial charge in [0.15, 0.2) is 0 Å². The lowest BCUT2D eigenvalue weighted by molar-refractivity contribution is 0.0709. The first-order chi connectivity index (χ1) is 10.2. The normalized spacial score (nSPS) is 30.4. The number of anilines is 1. The lowest BCUT2D eigenvalue weighted by Crippen LogP contribution is -2.39. The summed E-state index contributed by atoms with van der Waals surface area (Å²) >= 11 is 0. The van der Waals surface area contributed by atoms with Crippen LogP contribution >= 0.6 is 24.8 Å². The highest BCUT2D eigenvalue weighted by Gasteiger charge is 2.56. The van der Waals surface area contributed by atoms with Crippen molar-refractivity contribution in [2.45, 2.75) is 24.9 Å². The molecule has 128 valence electrons. The van der Waals surface area contributed by atoms with Crippen molar-refractivity contribution >= 4 is 36.5 Å². The average molecular weight is 359 g/mol. The Labute approximate surface area is 149 Å². The van der Waals surface area contributed by atoms with Gasteiger partial charge in [-0.15, -0.1) is 24.8 Å². The predicted molar refractivity (Wildman–Crippen MR) is 95.9 cm³/mol. The SMILES string of the molecule is CN(C)c1ccc(C(=O)N2[C@@H]3CC[C@H]2[C@H]2CNC[C@H]23)cn1.Cl.Cl. The minimum atomic E-state index is 0. The van der Waals surface area contributed by atoms with Crippen LogP contribution in [0.1, 0.15) is 23.2 Å². The first-order valence-electron chi connectivity index (χ1n) is 7.83. The topological polar surface area (TPSA) is 48.5 Å². The van der Waals surface area contributed by atoms with Crippen LogP contribution in [-0.4, -0.2) is 55.1 Å². The lowest BCUT2D eigenvalue weighted by atomic mass is 9.82. The van der Waals surface area contributed by atoms with Gasteiger partial charge >= 0.3 is 0 Å². The number of fused-ring (bicyclic) bond motifs is 5. The van der Waals surface area contributed by atoms with E-state index in [1.807, 2.05) is 31.1 Å². The van der Waals surface area contributed by atoms with E-state index in [1.54, 1.807) is 6.20 Å². The van der Waals surface area contributed by atoms with E-state index in [9.17, 15) is 4.79 Å². The van der Waals surface area contributed by atoms with Gasteiger partial charge in [-0.05, 0) is 36.8 Å². The third-order valence-corrected chi connectivity index (χ3v) is 5.46. The van der Waals surface area contributed by atoms with Crippen molar-refractivity contribution in [2.24, 2.45) is 11.8 Å². The maximum absolute atomic E-state index is 12.9. The first-order valence-corrected chi connectivity index (χ1v) is 7.83. The standard InChI is InChI=1S/C16H22N4O.2ClH/c1-19(2)15-6-3-10(7-18-15)16(21)20-13-4-5-14(20)12-9-17-8-11(12)13;;/h3,6-7,11-14,17H,4-5,8-9H2,1-2H3;2*1H/t11-,12+,13-,14+;;. The Morgan fingerprint density at radius 2 is 1.78 bits per heavy atom. The van der Waals surface area contributed by atoms with Crippen LogP contribution in [0.3, 0.4) is 0 Å². The van der Waals surface area contributed by atoms with Crippen molar-refractivity contribution in [3.05, 3.63) is 23.9 Å². The molecule has 0 saturated carbocycles. The van der Waals surface area contributed by atoms with Crippen LogP contribution in [0.4, 0.5) is 5.82 Å². The van der Waals surface area contributed by atoms with Crippen molar-refractivity contribution in [3.63, 3.8) is 0 Å². The Morgan fingerprint density at radius 3 is 2.26 bits per heavy atom. The Hall–Kier alpha value is -1.04. The minimum Gasteiger partial charge on any atom is -0.363 e. The molecule has 1 aromatic heterocycles. The van der Waals surface area contributed by atoms with E-state index in [2.05, 4.69) is 15.2 Å². The zero-order valence-corrected chi connectivity index (χ0v) is 15.1. The first kappa shape index (κ1) is 18.3. The summed E-state index contributed by atoms with van der Waals surface area (Å²) in [5.74, 6) is 2.40. The number of hydrogen-bond donors (Lipinski definition) is 1. The molecular formula is C16H24Cl2N4O. The van der Waals surface area contributed by atoms with Gasteiger partial charge in [0.05, 0.1) is 5.56 Å². The van der Waals surface area contributed by atoms with Crippen molar-refractivity contribution in [2.75, 3.05) is 32.1 Å². The molecule has 4 heterocycles. The van der Waals surface area contributed by atoms with Crippen LogP contribution in [0.15, 0.2) is 18.3 Å². The van der Waals surface area contributed by atoms with E-state index in [-0.39, 0.29) is 30.7 Å². The van der Waals surface area contributed by atoms with Gasteiger partial charge in [0, 0.05) is 45.5 Å². The number of nitrogens with one attached hydrogen (secondary N) is 1. The van der Waals surface area contributed by atoms with Gasteiger partial charge in [0.25, 0.3) is 5.91 Å². The molecule has 0 aliphatic carbocycles. The molecule has 23 heavy (non-hydrogen) atoms. The quantitative estimate of drug-likeness (QED) is 0.875. The average Bonchev–Trinajstić information content (AvgIpc) is 3.18. The Bertz CT molecular complexity index is 548. The van der Waals surface area contributed by atoms with Crippen LogP contribution in [0.5, 0.6) is 0 Å². The highest BCUT2D eigenvalue weighted by molar-refractivity contribution is 5.95. The molecule has 3 fully saturated rings. The molecule has 1 amide bonds. The van der Waals surface area contributed by atoms with E-state index in [4.69, 9.17) is 0 Å². The number of amides is 1. The van der Waals surface area contributed by atoms with Gasteiger partial charge in [-0.1, -0.05) is 0 Å². The van der Waals surface area contributed by atoms with Crippen LogP contribution in [0.25, 0.3) is 0 Å². The second-order valence-corrected chi connectivity index (χ2v) is 6.71. The van der Waals surface area contributed by atoms with E-state index in [0.29, 0.717) is 23.9 Å². The lowest BCUT2D eigenvalue weighted by Gasteiger charge is -2.25. The molecule has 4 rings (SSSR count). The van der Waals surface area contributed by atoms with E-state index < -0.39 is 0 Å². The number of nitrogens with zero attached hydrogens (tertiary/aromatic N) is 3. The van der Waals surface area contributed by atoms with E-state index >= 15 is 0 Å². The number of halogens is 2. The van der Waals surface area contributed by atoms with Gasteiger partial charge in [-0.25, -0.2) is 4.98 Å². The van der Waals surface area contributed by atoms with Crippen LogP contribution in [-0.2, 0) is 0 Å². The minimum absolute atomic E-state index is 0. The molecule has 1 N–H and O–H groups in total. The second-order valence-electron chi connectivity index (χ2n) is 6.71. The molecule has 4 atom stereocenters. The fourth-order valence-electron chi connectivity index (χ4n) is 4.50. The Balaban J connectivity index is 0.000000960. The molecule has 0 radical (unpaired) electrons. The summed E-state index contributed by atoms with van der Waals surface area (Å²) in [6.07, 6.45) is 4.06. The summed E-state index contributed by atoms with van der Waals surface area (Å²) < 4.78 is 0. The summed E-state index contributed by atoms with van der Waals surface area (Å²) in [7, 11) is 3.91. The molecule has 3 saturated heterocycles. The maximum Gasteiger partial charge on any atom is 0.255 e. The van der Waals surface area contributed by atoms with Crippen LogP contribution in [0, 0.1) is 11.8 Å². The number of pyridine rings is 1. The summed E-state index contributed by atoms with van der Waals surface area (Å²) in [5, 5.41) is 3.49.